The van der Waals surface area contributed by atoms with Gasteiger partial charge in [-0.05, 0) is 34.1 Å². The minimum Gasteiger partial charge on any atom is -0.494 e. The number of methoxy groups -OCH3 is 1. The van der Waals surface area contributed by atoms with Gasteiger partial charge in [0.05, 0.1) is 17.3 Å². The molecule has 0 atom stereocenters. The quantitative estimate of drug-likeness (QED) is 0.891. The molecule has 84 valence electrons. The van der Waals surface area contributed by atoms with Crippen LogP contribution in [0.2, 0.25) is 0 Å². The smallest absolute Gasteiger partial charge is 0.165 e. The Labute approximate surface area is 99.7 Å². The maximum atomic E-state index is 13.5. The lowest BCUT2D eigenvalue weighted by Gasteiger charge is -2.03. The van der Waals surface area contributed by atoms with Crippen LogP contribution in [0.25, 0.3) is 11.3 Å². The SMILES string of the molecule is COc1ccc(-c2[nH]nc(N)c2Br)cc1F. The average molecular weight is 286 g/mol. The highest BCUT2D eigenvalue weighted by Gasteiger charge is 2.12. The van der Waals surface area contributed by atoms with Gasteiger partial charge in [0.25, 0.3) is 0 Å². The Balaban J connectivity index is 2.49. The summed E-state index contributed by atoms with van der Waals surface area (Å²) in [4.78, 5) is 0. The van der Waals surface area contributed by atoms with Crippen molar-refractivity contribution in [2.24, 2.45) is 0 Å². The van der Waals surface area contributed by atoms with Crippen LogP contribution < -0.4 is 10.5 Å². The molecule has 16 heavy (non-hydrogen) atoms. The third kappa shape index (κ3) is 1.76. The van der Waals surface area contributed by atoms with Crippen LogP contribution in [0.3, 0.4) is 0 Å². The number of nitrogens with zero attached hydrogens (tertiary/aromatic N) is 1. The average Bonchev–Trinajstić information content (AvgIpc) is 2.60. The van der Waals surface area contributed by atoms with Crippen LogP contribution in [0.1, 0.15) is 0 Å². The number of hydrogen-bond donors (Lipinski definition) is 2. The van der Waals surface area contributed by atoms with Gasteiger partial charge in [0.1, 0.15) is 0 Å². The monoisotopic (exact) mass is 285 g/mol. The summed E-state index contributed by atoms with van der Waals surface area (Å²) in [7, 11) is 1.42. The van der Waals surface area contributed by atoms with Crippen LogP contribution in [-0.2, 0) is 0 Å². The van der Waals surface area contributed by atoms with E-state index in [0.29, 0.717) is 21.5 Å². The highest BCUT2D eigenvalue weighted by Crippen LogP contribution is 2.32. The van der Waals surface area contributed by atoms with E-state index in [1.165, 1.54) is 13.2 Å². The summed E-state index contributed by atoms with van der Waals surface area (Å²) in [5.74, 6) is 0.110. The molecule has 0 spiro atoms. The number of aromatic amines is 1. The number of aromatic nitrogens is 2. The zero-order chi connectivity index (χ0) is 11.7. The molecule has 1 aromatic carbocycles. The van der Waals surface area contributed by atoms with Crippen LogP contribution in [0.5, 0.6) is 5.75 Å². The first kappa shape index (κ1) is 10.9. The molecule has 4 nitrogen and oxygen atoms in total. The molecule has 2 rings (SSSR count). The lowest BCUT2D eigenvalue weighted by atomic mass is 10.1. The molecule has 0 aliphatic carbocycles. The van der Waals surface area contributed by atoms with Gasteiger partial charge in [-0.15, -0.1) is 0 Å². The van der Waals surface area contributed by atoms with Crippen molar-refractivity contribution in [1.29, 1.82) is 0 Å². The number of rotatable bonds is 2. The number of H-pyrrole nitrogens is 1. The van der Waals surface area contributed by atoms with Crippen molar-refractivity contribution in [2.75, 3.05) is 12.8 Å². The molecular formula is C10H9BrFN3O. The minimum atomic E-state index is -0.430. The van der Waals surface area contributed by atoms with Gasteiger partial charge in [-0.2, -0.15) is 5.10 Å². The van der Waals surface area contributed by atoms with Gasteiger partial charge in [-0.1, -0.05) is 0 Å². The van der Waals surface area contributed by atoms with Crippen molar-refractivity contribution in [1.82, 2.24) is 10.2 Å². The molecular weight excluding hydrogens is 277 g/mol. The Morgan fingerprint density at radius 1 is 1.50 bits per heavy atom. The normalized spacial score (nSPS) is 10.4. The summed E-state index contributed by atoms with van der Waals surface area (Å²) in [5.41, 5.74) is 6.85. The van der Waals surface area contributed by atoms with Crippen molar-refractivity contribution in [3.8, 4) is 17.0 Å². The number of benzene rings is 1. The Kier molecular flexibility index (Phi) is 2.82. The first-order valence-electron chi connectivity index (χ1n) is 4.46. The van der Waals surface area contributed by atoms with E-state index >= 15 is 0 Å². The predicted octanol–water partition coefficient (Wildman–Crippen LogP) is 2.57. The van der Waals surface area contributed by atoms with Gasteiger partial charge in [-0.25, -0.2) is 4.39 Å². The van der Waals surface area contributed by atoms with Gasteiger partial charge in [0.15, 0.2) is 17.4 Å². The summed E-state index contributed by atoms with van der Waals surface area (Å²) in [6.45, 7) is 0. The number of halogens is 2. The highest BCUT2D eigenvalue weighted by molar-refractivity contribution is 9.10. The molecule has 6 heteroatoms. The summed E-state index contributed by atoms with van der Waals surface area (Å²) < 4.78 is 18.9. The third-order valence-corrected chi connectivity index (χ3v) is 2.98. The zero-order valence-corrected chi connectivity index (χ0v) is 10.0. The van der Waals surface area contributed by atoms with Crippen LogP contribution in [0, 0.1) is 5.82 Å². The molecule has 2 aromatic rings. The Morgan fingerprint density at radius 3 is 2.75 bits per heavy atom. The van der Waals surface area contributed by atoms with E-state index in [4.69, 9.17) is 10.5 Å². The van der Waals surface area contributed by atoms with E-state index in [1.807, 2.05) is 0 Å². The van der Waals surface area contributed by atoms with E-state index in [-0.39, 0.29) is 5.75 Å². The van der Waals surface area contributed by atoms with Crippen molar-refractivity contribution in [2.45, 2.75) is 0 Å². The fourth-order valence-corrected chi connectivity index (χ4v) is 1.76. The van der Waals surface area contributed by atoms with Crippen LogP contribution in [0.15, 0.2) is 22.7 Å². The van der Waals surface area contributed by atoms with Crippen molar-refractivity contribution in [3.05, 3.63) is 28.5 Å². The molecule has 3 N–H and O–H groups in total. The van der Waals surface area contributed by atoms with E-state index in [1.54, 1.807) is 12.1 Å². The Morgan fingerprint density at radius 2 is 2.25 bits per heavy atom. The summed E-state index contributed by atoms with van der Waals surface area (Å²) in [6.07, 6.45) is 0. The van der Waals surface area contributed by atoms with Crippen LogP contribution in [-0.4, -0.2) is 17.3 Å². The topological polar surface area (TPSA) is 63.9 Å². The maximum absolute atomic E-state index is 13.5. The molecule has 0 amide bonds. The lowest BCUT2D eigenvalue weighted by molar-refractivity contribution is 0.386. The van der Waals surface area contributed by atoms with E-state index in [2.05, 4.69) is 26.1 Å². The molecule has 0 saturated carbocycles. The number of nitrogen functional groups attached to an aromatic ring is 1. The summed E-state index contributed by atoms with van der Waals surface area (Å²) >= 11 is 3.27. The van der Waals surface area contributed by atoms with Gasteiger partial charge in [0, 0.05) is 5.56 Å². The molecule has 1 aromatic heterocycles. The maximum Gasteiger partial charge on any atom is 0.165 e. The molecule has 0 radical (unpaired) electrons. The lowest BCUT2D eigenvalue weighted by Crippen LogP contribution is -1.89. The van der Waals surface area contributed by atoms with E-state index in [9.17, 15) is 4.39 Å². The largest absolute Gasteiger partial charge is 0.494 e. The molecule has 0 aliphatic heterocycles. The van der Waals surface area contributed by atoms with Crippen molar-refractivity contribution in [3.63, 3.8) is 0 Å². The summed E-state index contributed by atoms with van der Waals surface area (Å²) in [6, 6.07) is 4.63. The second kappa shape index (κ2) is 4.13. The highest BCUT2D eigenvalue weighted by atomic mass is 79.9. The fraction of sp³-hybridized carbons (Fsp3) is 0.100. The first-order valence-corrected chi connectivity index (χ1v) is 5.26. The van der Waals surface area contributed by atoms with Crippen molar-refractivity contribution < 1.29 is 9.13 Å². The van der Waals surface area contributed by atoms with Crippen LogP contribution >= 0.6 is 15.9 Å². The standard InChI is InChI=1S/C10H9BrFN3O/c1-16-7-3-2-5(4-6(7)12)9-8(11)10(13)15-14-9/h2-4H,1H3,(H3,13,14,15). The number of anilines is 1. The summed E-state index contributed by atoms with van der Waals surface area (Å²) in [5, 5.41) is 6.54. The second-order valence-corrected chi connectivity index (χ2v) is 3.94. The predicted molar refractivity (Wildman–Crippen MR) is 62.6 cm³/mol. The fourth-order valence-electron chi connectivity index (χ4n) is 1.36. The minimum absolute atomic E-state index is 0.201. The number of nitrogens with two attached hydrogens (primary N) is 1. The molecule has 0 unspecified atom stereocenters. The van der Waals surface area contributed by atoms with Gasteiger partial charge >= 0.3 is 0 Å². The number of nitrogens with one attached hydrogen (secondary N) is 1. The van der Waals surface area contributed by atoms with E-state index < -0.39 is 5.82 Å². The van der Waals surface area contributed by atoms with Gasteiger partial charge < -0.3 is 10.5 Å². The molecule has 0 bridgehead atoms. The van der Waals surface area contributed by atoms with Gasteiger partial charge in [-0.3, -0.25) is 5.10 Å². The molecule has 1 heterocycles. The number of hydrogen-bond acceptors (Lipinski definition) is 3. The van der Waals surface area contributed by atoms with Crippen molar-refractivity contribution >= 4 is 21.7 Å². The molecule has 0 saturated heterocycles. The second-order valence-electron chi connectivity index (χ2n) is 3.15. The van der Waals surface area contributed by atoms with E-state index in [0.717, 1.165) is 0 Å². The Hall–Kier alpha value is -1.56. The first-order chi connectivity index (χ1) is 7.63. The third-order valence-electron chi connectivity index (χ3n) is 2.17. The van der Waals surface area contributed by atoms with Gasteiger partial charge in [0.2, 0.25) is 0 Å². The molecule has 0 fully saturated rings. The zero-order valence-electron chi connectivity index (χ0n) is 8.42. The van der Waals surface area contributed by atoms with Crippen LogP contribution in [0.4, 0.5) is 10.2 Å². The number of ether oxygens (including phenoxy) is 1. The Bertz CT molecular complexity index is 527. The molecule has 0 aliphatic rings.